The van der Waals surface area contributed by atoms with Crippen LogP contribution in [0.2, 0.25) is 0 Å². The SMILES string of the molecule is CC(C)n1nnc(-c2cccc(Nc3ncnn4ccc(C(=O)N(C)C)c34)c2)n1.CC(C)n1nnc(-c2cccc(Nc3ncnn4ccc(C(=O)O)c34)c2)n1. The minimum Gasteiger partial charge on any atom is -0.478 e. The third-order valence-corrected chi connectivity index (χ3v) is 8.32. The van der Waals surface area contributed by atoms with Crippen molar-refractivity contribution in [2.75, 3.05) is 24.7 Å². The van der Waals surface area contributed by atoms with Gasteiger partial charge in [-0.2, -0.15) is 19.8 Å². The van der Waals surface area contributed by atoms with Gasteiger partial charge in [0, 0.05) is 49.0 Å². The number of hydrogen-bond acceptors (Lipinski definition) is 14. The molecule has 0 atom stereocenters. The third kappa shape index (κ3) is 7.56. The van der Waals surface area contributed by atoms with Gasteiger partial charge in [0.15, 0.2) is 11.6 Å². The van der Waals surface area contributed by atoms with E-state index >= 15 is 0 Å². The Morgan fingerprint density at radius 2 is 1.14 bits per heavy atom. The van der Waals surface area contributed by atoms with Gasteiger partial charge in [0.05, 0.1) is 23.2 Å². The molecule has 0 aliphatic rings. The summed E-state index contributed by atoms with van der Waals surface area (Å²) in [7, 11) is 3.42. The second-order valence-electron chi connectivity index (χ2n) is 13.2. The Labute approximate surface area is 318 Å². The van der Waals surface area contributed by atoms with Crippen LogP contribution in [0.25, 0.3) is 33.8 Å². The van der Waals surface area contributed by atoms with E-state index in [1.807, 2.05) is 76.2 Å². The molecule has 0 unspecified atom stereocenters. The molecule has 0 radical (unpaired) electrons. The maximum Gasteiger partial charge on any atom is 0.338 e. The molecule has 3 N–H and O–H groups in total. The number of nitrogens with one attached hydrogen (secondary N) is 2. The lowest BCUT2D eigenvalue weighted by molar-refractivity contribution is 0.0698. The lowest BCUT2D eigenvalue weighted by atomic mass is 10.2. The number of hydrogen-bond donors (Lipinski definition) is 3. The Morgan fingerprint density at radius 1 is 0.679 bits per heavy atom. The molecule has 0 aliphatic heterocycles. The molecule has 0 saturated carbocycles. The average molecular weight is 756 g/mol. The fraction of sp³-hybridized carbons (Fsp3) is 0.222. The molecule has 1 amide bonds. The molecule has 0 aliphatic carbocycles. The van der Waals surface area contributed by atoms with E-state index in [2.05, 4.69) is 61.6 Å². The molecule has 8 aromatic rings. The first-order valence-electron chi connectivity index (χ1n) is 17.4. The highest BCUT2D eigenvalue weighted by atomic mass is 16.4. The normalized spacial score (nSPS) is 11.2. The van der Waals surface area contributed by atoms with Crippen LogP contribution in [-0.4, -0.2) is 106 Å². The van der Waals surface area contributed by atoms with Crippen LogP contribution in [0.4, 0.5) is 23.0 Å². The zero-order valence-corrected chi connectivity index (χ0v) is 31.2. The molecule has 0 saturated heterocycles. The summed E-state index contributed by atoms with van der Waals surface area (Å²) in [4.78, 5) is 37.2. The number of aromatic nitrogens is 14. The minimum atomic E-state index is -1.04. The van der Waals surface area contributed by atoms with E-state index in [-0.39, 0.29) is 23.6 Å². The maximum absolute atomic E-state index is 12.5. The van der Waals surface area contributed by atoms with Crippen LogP contribution in [0.1, 0.15) is 60.5 Å². The fourth-order valence-corrected chi connectivity index (χ4v) is 5.54. The predicted molar refractivity (Wildman–Crippen MR) is 205 cm³/mol. The van der Waals surface area contributed by atoms with Gasteiger partial charge in [-0.15, -0.1) is 20.4 Å². The zero-order valence-electron chi connectivity index (χ0n) is 31.2. The first-order chi connectivity index (χ1) is 27.0. The number of carboxylic acids is 1. The quantitative estimate of drug-likeness (QED) is 0.170. The molecule has 20 nitrogen and oxygen atoms in total. The highest BCUT2D eigenvalue weighted by Gasteiger charge is 2.19. The fourth-order valence-electron chi connectivity index (χ4n) is 5.54. The summed E-state index contributed by atoms with van der Waals surface area (Å²) in [5.74, 6) is 0.817. The topological polar surface area (TPSA) is 229 Å². The molecule has 0 bridgehead atoms. The van der Waals surface area contributed by atoms with Crippen LogP contribution >= 0.6 is 0 Å². The molecule has 284 valence electrons. The summed E-state index contributed by atoms with van der Waals surface area (Å²) < 4.78 is 3.10. The molecular weight excluding hydrogens is 719 g/mol. The first-order valence-corrected chi connectivity index (χ1v) is 17.4. The number of aromatic carboxylic acids is 1. The molecule has 6 aromatic heterocycles. The Kier molecular flexibility index (Phi) is 10.1. The van der Waals surface area contributed by atoms with E-state index in [0.717, 1.165) is 16.8 Å². The summed E-state index contributed by atoms with van der Waals surface area (Å²) >= 11 is 0. The number of nitrogens with zero attached hydrogens (tertiary/aromatic N) is 15. The molecule has 20 heteroatoms. The second-order valence-corrected chi connectivity index (χ2v) is 13.2. The van der Waals surface area contributed by atoms with Gasteiger partial charge < -0.3 is 20.6 Å². The number of carboxylic acid groups (broad SMARTS) is 1. The van der Waals surface area contributed by atoms with Crippen molar-refractivity contribution < 1.29 is 14.7 Å². The van der Waals surface area contributed by atoms with Gasteiger partial charge in [0.25, 0.3) is 5.91 Å². The largest absolute Gasteiger partial charge is 0.478 e. The number of rotatable bonds is 10. The predicted octanol–water partition coefficient (Wildman–Crippen LogP) is 4.81. The summed E-state index contributed by atoms with van der Waals surface area (Å²) in [5, 5.41) is 49.1. The molecule has 56 heavy (non-hydrogen) atoms. The molecule has 8 rings (SSSR count). The van der Waals surface area contributed by atoms with E-state index in [0.29, 0.717) is 45.6 Å². The summed E-state index contributed by atoms with van der Waals surface area (Å²) in [6.07, 6.45) is 6.12. The Balaban J connectivity index is 0.000000172. The van der Waals surface area contributed by atoms with Crippen LogP contribution in [0.3, 0.4) is 0 Å². The van der Waals surface area contributed by atoms with Crippen molar-refractivity contribution in [1.29, 1.82) is 0 Å². The summed E-state index contributed by atoms with van der Waals surface area (Å²) in [6.45, 7) is 7.94. The van der Waals surface area contributed by atoms with Crippen LogP contribution in [0, 0.1) is 0 Å². The lowest BCUT2D eigenvalue weighted by Crippen LogP contribution is -2.21. The Morgan fingerprint density at radius 3 is 1.57 bits per heavy atom. The smallest absolute Gasteiger partial charge is 0.338 e. The second kappa shape index (κ2) is 15.4. The number of anilines is 4. The van der Waals surface area contributed by atoms with Gasteiger partial charge in [-0.3, -0.25) is 4.79 Å². The summed E-state index contributed by atoms with van der Waals surface area (Å²) in [5.41, 5.74) is 4.75. The molecule has 0 spiro atoms. The first kappa shape index (κ1) is 36.7. The summed E-state index contributed by atoms with van der Waals surface area (Å²) in [6, 6.07) is 18.5. The maximum atomic E-state index is 12.5. The van der Waals surface area contributed by atoms with Crippen molar-refractivity contribution in [2.24, 2.45) is 0 Å². The van der Waals surface area contributed by atoms with E-state index in [9.17, 15) is 14.7 Å². The number of fused-ring (bicyclic) bond motifs is 2. The number of amides is 1. The van der Waals surface area contributed by atoms with E-state index in [4.69, 9.17) is 0 Å². The third-order valence-electron chi connectivity index (χ3n) is 8.32. The van der Waals surface area contributed by atoms with Crippen molar-refractivity contribution in [1.82, 2.24) is 74.5 Å². The number of carbonyl (C=O) groups excluding carboxylic acids is 1. The minimum absolute atomic E-state index is 0.116. The van der Waals surface area contributed by atoms with Gasteiger partial charge >= 0.3 is 5.97 Å². The number of tetrazole rings is 2. The highest BCUT2D eigenvalue weighted by Crippen LogP contribution is 2.27. The highest BCUT2D eigenvalue weighted by molar-refractivity contribution is 6.04. The van der Waals surface area contributed by atoms with Gasteiger partial charge in [-0.1, -0.05) is 24.3 Å². The van der Waals surface area contributed by atoms with Crippen LogP contribution in [0.15, 0.2) is 85.7 Å². The van der Waals surface area contributed by atoms with Gasteiger partial charge in [-0.25, -0.2) is 23.8 Å². The average Bonchev–Trinajstić information content (AvgIpc) is 4.01. The number of benzene rings is 2. The van der Waals surface area contributed by atoms with E-state index < -0.39 is 5.97 Å². The Hall–Kier alpha value is -7.64. The van der Waals surface area contributed by atoms with Crippen molar-refractivity contribution >= 4 is 45.9 Å². The lowest BCUT2D eigenvalue weighted by Gasteiger charge is -2.12. The van der Waals surface area contributed by atoms with Crippen LogP contribution < -0.4 is 10.6 Å². The Bertz CT molecular complexity index is 2670. The molecule has 2 aromatic carbocycles. The monoisotopic (exact) mass is 755 g/mol. The molecule has 6 heterocycles. The van der Waals surface area contributed by atoms with Gasteiger partial charge in [-0.05, 0) is 74.5 Å². The van der Waals surface area contributed by atoms with Gasteiger partial charge in [0.2, 0.25) is 11.6 Å². The van der Waals surface area contributed by atoms with Crippen molar-refractivity contribution in [3.05, 3.63) is 96.8 Å². The van der Waals surface area contributed by atoms with Crippen molar-refractivity contribution in [2.45, 2.75) is 39.8 Å². The zero-order chi connectivity index (χ0) is 39.5. The van der Waals surface area contributed by atoms with Crippen molar-refractivity contribution in [3.63, 3.8) is 0 Å². The van der Waals surface area contributed by atoms with Crippen molar-refractivity contribution in [3.8, 4) is 22.8 Å². The van der Waals surface area contributed by atoms with Crippen LogP contribution in [-0.2, 0) is 0 Å². The van der Waals surface area contributed by atoms with Gasteiger partial charge in [0.1, 0.15) is 23.7 Å². The van der Waals surface area contributed by atoms with Crippen LogP contribution in [0.5, 0.6) is 0 Å². The molecular formula is C36H37N17O3. The number of carbonyl (C=O) groups is 2. The molecule has 0 fully saturated rings. The standard InChI is InChI=1S/C19H21N9O.C17H16N8O2/c1-12(2)28-24-17(23-25-28)13-6-5-7-14(10-13)22-18-16-15(19(29)26(3)4)8-9-27(16)21-11-20-18;1-10(2)25-22-15(21-23-25)11-4-3-5-12(8-11)20-16-14-13(17(26)27)6-7-24(14)19-9-18-16/h5-12H,1-4H3,(H,20,21,22);3-10H,1-2H3,(H,26,27)(H,18,19,20). The van der Waals surface area contributed by atoms with E-state index in [1.165, 1.54) is 28.1 Å². The van der Waals surface area contributed by atoms with E-state index in [1.54, 1.807) is 46.7 Å².